The molecule has 9 nitrogen and oxygen atoms in total. The van der Waals surface area contributed by atoms with E-state index in [4.69, 9.17) is 16.3 Å². The van der Waals surface area contributed by atoms with E-state index in [1.54, 1.807) is 18.2 Å². The van der Waals surface area contributed by atoms with E-state index in [0.717, 1.165) is 43.4 Å². The minimum Gasteiger partial charge on any atom is -0.489 e. The molecule has 0 spiro atoms. The molecule has 2 aromatic carbocycles. The molecule has 11 heteroatoms. The molecule has 0 aliphatic carbocycles. The lowest BCUT2D eigenvalue weighted by Gasteiger charge is -2.26. The van der Waals surface area contributed by atoms with Gasteiger partial charge in [-0.25, -0.2) is 13.4 Å². The Morgan fingerprint density at radius 1 is 1.18 bits per heavy atom. The number of aryl methyl sites for hydroxylation is 1. The molecular weight excluding hydrogens is 526 g/mol. The quantitative estimate of drug-likeness (QED) is 0.284. The summed E-state index contributed by atoms with van der Waals surface area (Å²) in [6, 6.07) is 8.97. The largest absolute Gasteiger partial charge is 0.489 e. The van der Waals surface area contributed by atoms with Crippen molar-refractivity contribution in [2.24, 2.45) is 0 Å². The first kappa shape index (κ1) is 28.1. The Hall–Kier alpha value is -2.92. The van der Waals surface area contributed by atoms with Crippen LogP contribution in [0.1, 0.15) is 49.3 Å². The summed E-state index contributed by atoms with van der Waals surface area (Å²) >= 11 is 6.38. The Morgan fingerprint density at radius 3 is 2.58 bits per heavy atom. The molecule has 4 N–H and O–H groups in total. The Bertz CT molecular complexity index is 1410. The second-order valence-electron chi connectivity index (χ2n) is 9.76. The van der Waals surface area contributed by atoms with Crippen molar-refractivity contribution in [1.29, 1.82) is 0 Å². The third kappa shape index (κ3) is 6.55. The molecule has 0 bridgehead atoms. The number of nitrogens with one attached hydrogen (secondary N) is 3. The van der Waals surface area contributed by atoms with E-state index in [0.29, 0.717) is 11.7 Å². The Kier molecular flexibility index (Phi) is 8.77. The van der Waals surface area contributed by atoms with Crippen molar-refractivity contribution < 1.29 is 18.3 Å². The second kappa shape index (κ2) is 11.9. The highest BCUT2D eigenvalue weighted by atomic mass is 35.5. The predicted octanol–water partition coefficient (Wildman–Crippen LogP) is 5.08. The van der Waals surface area contributed by atoms with Gasteiger partial charge in [0, 0.05) is 6.26 Å². The van der Waals surface area contributed by atoms with E-state index in [1.807, 2.05) is 19.9 Å². The summed E-state index contributed by atoms with van der Waals surface area (Å²) in [5.41, 5.74) is 3.70. The summed E-state index contributed by atoms with van der Waals surface area (Å²) in [5, 5.41) is 19.6. The fourth-order valence-electron chi connectivity index (χ4n) is 4.73. The predicted molar refractivity (Wildman–Crippen MR) is 151 cm³/mol. The Balaban J connectivity index is 1.68. The van der Waals surface area contributed by atoms with Crippen LogP contribution < -0.4 is 20.7 Å². The zero-order chi connectivity index (χ0) is 27.4. The number of anilines is 4. The van der Waals surface area contributed by atoms with Crippen LogP contribution in [0.3, 0.4) is 0 Å². The van der Waals surface area contributed by atoms with Crippen LogP contribution in [0.4, 0.5) is 23.1 Å². The number of hydrogen-bond acceptors (Lipinski definition) is 9. The first-order chi connectivity index (χ1) is 18.1. The summed E-state index contributed by atoms with van der Waals surface area (Å²) in [4.78, 5) is 8.83. The SMILES string of the molecule is Cc1cc(Nc2ncc(Cl)c(Nc3cccc(CO)c3S(C)(=O)=O)n2)c(OC(C)C)cc1C1CCNCC1. The molecule has 0 unspecified atom stereocenters. The van der Waals surface area contributed by atoms with Crippen molar-refractivity contribution in [1.82, 2.24) is 15.3 Å². The van der Waals surface area contributed by atoms with Crippen LogP contribution in [0.2, 0.25) is 5.02 Å². The average molecular weight is 560 g/mol. The lowest BCUT2D eigenvalue weighted by atomic mass is 9.87. The van der Waals surface area contributed by atoms with Gasteiger partial charge in [0.05, 0.1) is 35.2 Å². The van der Waals surface area contributed by atoms with E-state index in [1.165, 1.54) is 11.8 Å². The lowest BCUT2D eigenvalue weighted by Crippen LogP contribution is -2.27. The first-order valence-electron chi connectivity index (χ1n) is 12.6. The molecule has 0 saturated carbocycles. The second-order valence-corrected chi connectivity index (χ2v) is 12.1. The summed E-state index contributed by atoms with van der Waals surface area (Å²) in [6.45, 7) is 7.64. The number of piperidine rings is 1. The van der Waals surface area contributed by atoms with Gasteiger partial charge in [0.25, 0.3) is 0 Å². The fraction of sp³-hybridized carbons (Fsp3) is 0.407. The van der Waals surface area contributed by atoms with Crippen molar-refractivity contribution in [2.45, 2.75) is 57.1 Å². The maximum absolute atomic E-state index is 12.5. The first-order valence-corrected chi connectivity index (χ1v) is 14.8. The fourth-order valence-corrected chi connectivity index (χ4v) is 6.00. The smallest absolute Gasteiger partial charge is 0.229 e. The van der Waals surface area contributed by atoms with Crippen LogP contribution >= 0.6 is 11.6 Å². The molecule has 1 fully saturated rings. The summed E-state index contributed by atoms with van der Waals surface area (Å²) in [7, 11) is -3.65. The normalized spacial score (nSPS) is 14.5. The maximum Gasteiger partial charge on any atom is 0.229 e. The molecular formula is C27H34ClN5O4S. The molecule has 1 saturated heterocycles. The van der Waals surface area contributed by atoms with E-state index in [2.05, 4.69) is 38.9 Å². The number of aromatic nitrogens is 2. The van der Waals surface area contributed by atoms with Crippen molar-refractivity contribution >= 4 is 44.6 Å². The molecule has 1 aromatic heterocycles. The average Bonchev–Trinajstić information content (AvgIpc) is 2.87. The lowest BCUT2D eigenvalue weighted by molar-refractivity contribution is 0.243. The van der Waals surface area contributed by atoms with Crippen LogP contribution in [-0.4, -0.2) is 48.9 Å². The molecule has 38 heavy (non-hydrogen) atoms. The van der Waals surface area contributed by atoms with Gasteiger partial charge in [0.15, 0.2) is 15.7 Å². The van der Waals surface area contributed by atoms with Crippen LogP contribution in [0.25, 0.3) is 0 Å². The maximum atomic E-state index is 12.5. The number of sulfone groups is 1. The summed E-state index contributed by atoms with van der Waals surface area (Å²) in [5.74, 6) is 1.67. The molecule has 0 amide bonds. The van der Waals surface area contributed by atoms with Gasteiger partial charge in [-0.3, -0.25) is 0 Å². The third-order valence-electron chi connectivity index (χ3n) is 6.39. The Morgan fingerprint density at radius 2 is 1.92 bits per heavy atom. The van der Waals surface area contributed by atoms with Gasteiger partial charge in [-0.15, -0.1) is 0 Å². The third-order valence-corrected chi connectivity index (χ3v) is 7.89. The minimum absolute atomic E-state index is 0.0107. The molecule has 204 valence electrons. The van der Waals surface area contributed by atoms with Gasteiger partial charge in [0.1, 0.15) is 10.8 Å². The number of aliphatic hydroxyl groups is 1. The van der Waals surface area contributed by atoms with Gasteiger partial charge < -0.3 is 25.8 Å². The summed E-state index contributed by atoms with van der Waals surface area (Å²) < 4.78 is 31.1. The van der Waals surface area contributed by atoms with Crippen LogP contribution in [0, 0.1) is 6.92 Å². The van der Waals surface area contributed by atoms with Crippen LogP contribution in [-0.2, 0) is 16.4 Å². The zero-order valence-electron chi connectivity index (χ0n) is 22.0. The number of rotatable bonds is 9. The molecule has 0 atom stereocenters. The highest BCUT2D eigenvalue weighted by Gasteiger charge is 2.22. The van der Waals surface area contributed by atoms with Crippen molar-refractivity contribution in [2.75, 3.05) is 30.0 Å². The Labute approximate surface area is 228 Å². The van der Waals surface area contributed by atoms with Crippen molar-refractivity contribution in [3.8, 4) is 5.75 Å². The van der Waals surface area contributed by atoms with E-state index in [9.17, 15) is 13.5 Å². The summed E-state index contributed by atoms with van der Waals surface area (Å²) in [6.07, 6.45) is 4.66. The number of aliphatic hydroxyl groups excluding tert-OH is 1. The van der Waals surface area contributed by atoms with E-state index in [-0.39, 0.29) is 39.0 Å². The zero-order valence-corrected chi connectivity index (χ0v) is 23.6. The van der Waals surface area contributed by atoms with Gasteiger partial charge in [0.2, 0.25) is 5.95 Å². The molecule has 4 rings (SSSR count). The number of ether oxygens (including phenoxy) is 1. The molecule has 1 aliphatic heterocycles. The number of nitrogens with zero attached hydrogens (tertiary/aromatic N) is 2. The molecule has 0 radical (unpaired) electrons. The van der Waals surface area contributed by atoms with Gasteiger partial charge in [-0.1, -0.05) is 23.7 Å². The number of benzene rings is 2. The monoisotopic (exact) mass is 559 g/mol. The van der Waals surface area contributed by atoms with Gasteiger partial charge >= 0.3 is 0 Å². The van der Waals surface area contributed by atoms with E-state index < -0.39 is 16.4 Å². The van der Waals surface area contributed by atoms with Gasteiger partial charge in [-0.05, 0) is 87.5 Å². The van der Waals surface area contributed by atoms with Crippen LogP contribution in [0.15, 0.2) is 41.4 Å². The van der Waals surface area contributed by atoms with Crippen LogP contribution in [0.5, 0.6) is 5.75 Å². The van der Waals surface area contributed by atoms with Gasteiger partial charge in [-0.2, -0.15) is 4.98 Å². The van der Waals surface area contributed by atoms with Crippen molar-refractivity contribution in [3.05, 3.63) is 58.2 Å². The minimum atomic E-state index is -3.65. The molecule has 1 aliphatic rings. The van der Waals surface area contributed by atoms with E-state index >= 15 is 0 Å². The molecule has 2 heterocycles. The topological polar surface area (TPSA) is 125 Å². The highest BCUT2D eigenvalue weighted by Crippen LogP contribution is 2.37. The molecule has 3 aromatic rings. The standard InChI is InChI=1S/C27H34ClN5O4S/c1-16(2)37-24-13-20(18-8-10-29-11-9-18)17(3)12-23(24)32-27-30-14-21(28)26(33-27)31-22-7-5-6-19(15-34)25(22)38(4,35)36/h5-7,12-14,16,18,29,34H,8-11,15H2,1-4H3,(H2,30,31,32,33). The number of hydrogen-bond donors (Lipinski definition) is 4. The highest BCUT2D eigenvalue weighted by molar-refractivity contribution is 7.91. The van der Waals surface area contributed by atoms with Crippen molar-refractivity contribution in [3.63, 3.8) is 0 Å². The number of halogens is 1.